The summed E-state index contributed by atoms with van der Waals surface area (Å²) >= 11 is 0. The Balaban J connectivity index is 3.16. The molecular weight excluding hydrogens is 332 g/mol. The smallest absolute Gasteiger partial charge is 0.250 e. The lowest BCUT2D eigenvalue weighted by Gasteiger charge is -2.31. The molecule has 1 aromatic rings. The average molecular weight is 369 g/mol. The largest absolute Gasteiger partial charge is 0.543 e. The summed E-state index contributed by atoms with van der Waals surface area (Å²) in [4.78, 5) is 0. The first-order chi connectivity index (χ1) is 11.5. The van der Waals surface area contributed by atoms with E-state index in [1.54, 1.807) is 0 Å². The molecule has 0 fully saturated rings. The third-order valence-electron chi connectivity index (χ3n) is 5.66. The van der Waals surface area contributed by atoms with E-state index >= 15 is 0 Å². The maximum atomic E-state index is 9.64. The zero-order chi connectivity index (χ0) is 18.2. The number of aliphatic hydroxyl groups excluding tert-OH is 1. The molecule has 3 nitrogen and oxygen atoms in total. The lowest BCUT2D eigenvalue weighted by molar-refractivity contribution is 0.281. The summed E-state index contributed by atoms with van der Waals surface area (Å²) in [5.74, 6) is 1.75. The standard InChI is InChI=1S/C19H36O3Si2/c1-7-23(8-2,9-3)21-18-13-17(16-20)14-19(15-18)22-24(10-4,11-5)12-6/h13-15,20H,7-12,16H2,1-6H3. The topological polar surface area (TPSA) is 38.7 Å². The van der Waals surface area contributed by atoms with Gasteiger partial charge in [0.25, 0.3) is 0 Å². The van der Waals surface area contributed by atoms with Crippen molar-refractivity contribution in [2.24, 2.45) is 0 Å². The van der Waals surface area contributed by atoms with Gasteiger partial charge in [-0.1, -0.05) is 41.5 Å². The Bertz CT molecular complexity index is 441. The van der Waals surface area contributed by atoms with Gasteiger partial charge in [0.2, 0.25) is 16.6 Å². The highest BCUT2D eigenvalue weighted by molar-refractivity contribution is 6.74. The summed E-state index contributed by atoms with van der Waals surface area (Å²) in [6, 6.07) is 12.6. The van der Waals surface area contributed by atoms with Crippen LogP contribution in [0.1, 0.15) is 47.1 Å². The lowest BCUT2D eigenvalue weighted by atomic mass is 10.2. The van der Waals surface area contributed by atoms with Crippen LogP contribution in [0.3, 0.4) is 0 Å². The molecule has 5 heteroatoms. The van der Waals surface area contributed by atoms with Crippen molar-refractivity contribution >= 4 is 16.6 Å². The number of hydrogen-bond acceptors (Lipinski definition) is 3. The Hall–Kier alpha value is -0.786. The van der Waals surface area contributed by atoms with Crippen molar-refractivity contribution in [3.63, 3.8) is 0 Å². The van der Waals surface area contributed by atoms with Gasteiger partial charge >= 0.3 is 0 Å². The summed E-state index contributed by atoms with van der Waals surface area (Å²) in [7, 11) is -3.45. The average Bonchev–Trinajstić information content (AvgIpc) is 2.64. The van der Waals surface area contributed by atoms with Crippen LogP contribution in [0.25, 0.3) is 0 Å². The molecule has 1 rings (SSSR count). The van der Waals surface area contributed by atoms with E-state index in [0.717, 1.165) is 53.3 Å². The SMILES string of the molecule is CC[Si](CC)(CC)Oc1cc(CO)cc(O[Si](CC)(CC)CC)c1. The van der Waals surface area contributed by atoms with Gasteiger partial charge in [0.05, 0.1) is 6.61 Å². The lowest BCUT2D eigenvalue weighted by Crippen LogP contribution is -2.40. The molecule has 0 saturated heterocycles. The van der Waals surface area contributed by atoms with Gasteiger partial charge in [-0.15, -0.1) is 0 Å². The zero-order valence-corrected chi connectivity index (χ0v) is 18.4. The maximum absolute atomic E-state index is 9.64. The van der Waals surface area contributed by atoms with Gasteiger partial charge in [-0.25, -0.2) is 0 Å². The Labute approximate surface area is 150 Å². The highest BCUT2D eigenvalue weighted by atomic mass is 28.4. The van der Waals surface area contributed by atoms with Crippen molar-refractivity contribution in [3.8, 4) is 11.5 Å². The summed E-state index contributed by atoms with van der Waals surface area (Å²) in [5, 5.41) is 9.64. The molecule has 0 unspecified atom stereocenters. The molecule has 1 aromatic carbocycles. The number of hydrogen-bond donors (Lipinski definition) is 1. The van der Waals surface area contributed by atoms with Crippen molar-refractivity contribution < 1.29 is 14.0 Å². The molecule has 0 amide bonds. The third kappa shape index (κ3) is 5.10. The molecule has 24 heavy (non-hydrogen) atoms. The second kappa shape index (κ2) is 9.63. The second-order valence-electron chi connectivity index (χ2n) is 6.66. The van der Waals surface area contributed by atoms with Gasteiger partial charge in [-0.05, 0) is 54.0 Å². The van der Waals surface area contributed by atoms with E-state index in [1.165, 1.54) is 0 Å². The normalized spacial score (nSPS) is 12.3. The van der Waals surface area contributed by atoms with Crippen LogP contribution in [0.4, 0.5) is 0 Å². The molecule has 1 N–H and O–H groups in total. The van der Waals surface area contributed by atoms with Crippen molar-refractivity contribution in [2.45, 2.75) is 84.4 Å². The molecule has 0 aliphatic heterocycles. The summed E-state index contributed by atoms with van der Waals surface area (Å²) in [5.41, 5.74) is 0.875. The van der Waals surface area contributed by atoms with E-state index in [9.17, 15) is 5.11 Å². The molecule has 0 atom stereocenters. The van der Waals surface area contributed by atoms with Gasteiger partial charge in [-0.3, -0.25) is 0 Å². The van der Waals surface area contributed by atoms with Gasteiger partial charge in [0.15, 0.2) is 0 Å². The Morgan fingerprint density at radius 2 is 1.00 bits per heavy atom. The third-order valence-corrected chi connectivity index (χ3v) is 14.7. The molecular formula is C19H36O3Si2. The first-order valence-corrected chi connectivity index (χ1v) is 14.6. The second-order valence-corrected chi connectivity index (χ2v) is 16.0. The summed E-state index contributed by atoms with van der Waals surface area (Å²) < 4.78 is 13.0. The van der Waals surface area contributed by atoms with Crippen LogP contribution in [0.15, 0.2) is 18.2 Å². The van der Waals surface area contributed by atoms with Crippen molar-refractivity contribution in [3.05, 3.63) is 23.8 Å². The van der Waals surface area contributed by atoms with Crippen LogP contribution in [0, 0.1) is 0 Å². The van der Waals surface area contributed by atoms with Crippen molar-refractivity contribution in [2.75, 3.05) is 0 Å². The minimum Gasteiger partial charge on any atom is -0.543 e. The molecule has 0 aliphatic rings. The van der Waals surface area contributed by atoms with E-state index in [2.05, 4.69) is 41.5 Å². The first-order valence-electron chi connectivity index (χ1n) is 9.58. The van der Waals surface area contributed by atoms with Crippen LogP contribution < -0.4 is 8.85 Å². The molecule has 0 heterocycles. The molecule has 138 valence electrons. The highest BCUT2D eigenvalue weighted by Crippen LogP contribution is 2.32. The molecule has 0 bridgehead atoms. The summed E-state index contributed by atoms with van der Waals surface area (Å²) in [6.45, 7) is 13.4. The highest BCUT2D eigenvalue weighted by Gasteiger charge is 2.32. The predicted octanol–water partition coefficient (Wildman–Crippen LogP) is 5.95. The minimum atomic E-state index is -1.73. The molecule has 0 spiro atoms. The van der Waals surface area contributed by atoms with Gasteiger partial charge in [0, 0.05) is 6.07 Å². The molecule has 0 aliphatic carbocycles. The Morgan fingerprint density at radius 1 is 0.667 bits per heavy atom. The molecule has 0 radical (unpaired) electrons. The first kappa shape index (κ1) is 21.3. The van der Waals surface area contributed by atoms with E-state index in [-0.39, 0.29) is 6.61 Å². The predicted molar refractivity (Wildman–Crippen MR) is 108 cm³/mol. The number of benzene rings is 1. The van der Waals surface area contributed by atoms with Crippen molar-refractivity contribution in [1.82, 2.24) is 0 Å². The maximum Gasteiger partial charge on any atom is 0.250 e. The Kier molecular flexibility index (Phi) is 8.53. The number of rotatable bonds is 11. The van der Waals surface area contributed by atoms with Crippen LogP contribution >= 0.6 is 0 Å². The van der Waals surface area contributed by atoms with Crippen molar-refractivity contribution in [1.29, 1.82) is 0 Å². The Morgan fingerprint density at radius 3 is 1.25 bits per heavy atom. The minimum absolute atomic E-state index is 0.0193. The van der Waals surface area contributed by atoms with Crippen LogP contribution in [0.5, 0.6) is 11.5 Å². The van der Waals surface area contributed by atoms with Gasteiger partial charge in [0.1, 0.15) is 11.5 Å². The van der Waals surface area contributed by atoms with Gasteiger partial charge < -0.3 is 14.0 Å². The fourth-order valence-corrected chi connectivity index (χ4v) is 8.37. The fraction of sp³-hybridized carbons (Fsp3) is 0.684. The van der Waals surface area contributed by atoms with Crippen LogP contribution in [-0.4, -0.2) is 21.7 Å². The fourth-order valence-electron chi connectivity index (χ4n) is 3.27. The van der Waals surface area contributed by atoms with Gasteiger partial charge in [-0.2, -0.15) is 0 Å². The number of aliphatic hydroxyl groups is 1. The quantitative estimate of drug-likeness (QED) is 0.491. The van der Waals surface area contributed by atoms with Crippen LogP contribution in [-0.2, 0) is 6.61 Å². The van der Waals surface area contributed by atoms with E-state index in [4.69, 9.17) is 8.85 Å². The molecule has 0 saturated carbocycles. The zero-order valence-electron chi connectivity index (χ0n) is 16.4. The summed E-state index contributed by atoms with van der Waals surface area (Å²) in [6.07, 6.45) is 0. The van der Waals surface area contributed by atoms with E-state index in [1.807, 2.05) is 18.2 Å². The van der Waals surface area contributed by atoms with Crippen LogP contribution in [0.2, 0.25) is 36.3 Å². The van der Waals surface area contributed by atoms with E-state index < -0.39 is 16.6 Å². The monoisotopic (exact) mass is 368 g/mol. The van der Waals surface area contributed by atoms with E-state index in [0.29, 0.717) is 0 Å². The molecule has 0 aromatic heterocycles.